The smallest absolute Gasteiger partial charge is 0.408 e. The highest BCUT2D eigenvalue weighted by atomic mass is 127. The number of β-amino-alcohol motifs (C(OH)–C–C–N with tert-alkyl or cyclic N) is 1. The van der Waals surface area contributed by atoms with Crippen LogP contribution in [-0.2, 0) is 7.05 Å². The lowest BCUT2D eigenvalue weighted by molar-refractivity contribution is -0.133. The molecule has 0 spiro atoms. The predicted octanol–water partition coefficient (Wildman–Crippen LogP) is 2.62. The Morgan fingerprint density at radius 3 is 2.41 bits per heavy atom. The van der Waals surface area contributed by atoms with Crippen molar-refractivity contribution in [1.82, 2.24) is 19.6 Å². The van der Waals surface area contributed by atoms with Crippen molar-refractivity contribution >= 4 is 46.0 Å². The number of amides is 2. The molecule has 1 aromatic carbocycles. The quantitative estimate of drug-likeness (QED) is 0.459. The van der Waals surface area contributed by atoms with Crippen LogP contribution in [0.5, 0.6) is 0 Å². The maximum absolute atomic E-state index is 14.4. The fourth-order valence-corrected chi connectivity index (χ4v) is 4.43. The van der Waals surface area contributed by atoms with Gasteiger partial charge in [-0.1, -0.05) is 0 Å². The van der Waals surface area contributed by atoms with Crippen LogP contribution in [0.2, 0.25) is 0 Å². The van der Waals surface area contributed by atoms with Crippen molar-refractivity contribution < 1.29 is 24.2 Å². The summed E-state index contributed by atoms with van der Waals surface area (Å²) in [5.74, 6) is -1.15. The number of benzene rings is 1. The van der Waals surface area contributed by atoms with Crippen LogP contribution in [0.15, 0.2) is 29.1 Å². The molecule has 34 heavy (non-hydrogen) atoms. The van der Waals surface area contributed by atoms with E-state index >= 15 is 0 Å². The number of carboxylic acid groups (broad SMARTS) is 1. The van der Waals surface area contributed by atoms with E-state index in [0.717, 1.165) is 15.6 Å². The van der Waals surface area contributed by atoms with Gasteiger partial charge in [-0.2, -0.15) is 5.10 Å². The van der Waals surface area contributed by atoms with Gasteiger partial charge in [-0.25, -0.2) is 13.9 Å². The number of hydrogen-bond donors (Lipinski definition) is 3. The first-order valence-electron chi connectivity index (χ1n) is 10.5. The molecule has 1 fully saturated rings. The van der Waals surface area contributed by atoms with Crippen molar-refractivity contribution in [2.24, 2.45) is 7.05 Å². The lowest BCUT2D eigenvalue weighted by Crippen LogP contribution is -2.73. The molecule has 1 aliphatic heterocycles. The predicted molar refractivity (Wildman–Crippen MR) is 132 cm³/mol. The van der Waals surface area contributed by atoms with Gasteiger partial charge in [0, 0.05) is 22.2 Å². The molecule has 3 N–H and O–H groups in total. The number of rotatable bonds is 5. The lowest BCUT2D eigenvalue weighted by atomic mass is 9.84. The minimum Gasteiger partial charge on any atom is -0.465 e. The van der Waals surface area contributed by atoms with Gasteiger partial charge in [0.2, 0.25) is 0 Å². The third-order valence-corrected chi connectivity index (χ3v) is 6.48. The SMILES string of the molecule is C[C@H](N(C(=O)O)C(C)(C)C)C1(O)CN(C(=O)c2nn(C)c(=O)cc2Nc2ccc(I)cc2F)C1. The molecule has 184 valence electrons. The summed E-state index contributed by atoms with van der Waals surface area (Å²) in [5.41, 5.74) is -2.75. The molecule has 12 heteroatoms. The number of carbonyl (C=O) groups is 2. The Hall–Kier alpha value is -2.74. The summed E-state index contributed by atoms with van der Waals surface area (Å²) < 4.78 is 16.0. The molecule has 0 aliphatic carbocycles. The van der Waals surface area contributed by atoms with E-state index in [9.17, 15) is 29.0 Å². The van der Waals surface area contributed by atoms with Crippen molar-refractivity contribution in [1.29, 1.82) is 0 Å². The van der Waals surface area contributed by atoms with Crippen LogP contribution in [0.1, 0.15) is 38.2 Å². The third kappa shape index (κ3) is 5.02. The second kappa shape index (κ2) is 9.13. The van der Waals surface area contributed by atoms with Gasteiger partial charge in [-0.15, -0.1) is 0 Å². The summed E-state index contributed by atoms with van der Waals surface area (Å²) in [7, 11) is 1.39. The Kier molecular flexibility index (Phi) is 6.95. The van der Waals surface area contributed by atoms with Crippen molar-refractivity contribution in [3.05, 3.63) is 49.7 Å². The Morgan fingerprint density at radius 2 is 1.88 bits per heavy atom. The van der Waals surface area contributed by atoms with Gasteiger partial charge in [-0.05, 0) is 68.5 Å². The van der Waals surface area contributed by atoms with Crippen LogP contribution in [0, 0.1) is 9.39 Å². The number of aromatic nitrogens is 2. The topological polar surface area (TPSA) is 128 Å². The zero-order chi connectivity index (χ0) is 25.6. The normalized spacial score (nSPS) is 15.9. The van der Waals surface area contributed by atoms with Crippen LogP contribution in [-0.4, -0.2) is 72.1 Å². The summed E-state index contributed by atoms with van der Waals surface area (Å²) in [6.07, 6.45) is -1.18. The van der Waals surface area contributed by atoms with Crippen molar-refractivity contribution in [3.63, 3.8) is 0 Å². The minimum atomic E-state index is -1.46. The average molecular weight is 587 g/mol. The van der Waals surface area contributed by atoms with Gasteiger partial charge < -0.3 is 20.4 Å². The molecule has 10 nitrogen and oxygen atoms in total. The van der Waals surface area contributed by atoms with Crippen LogP contribution in [0.4, 0.5) is 20.6 Å². The van der Waals surface area contributed by atoms with Gasteiger partial charge >= 0.3 is 6.09 Å². The molecule has 0 unspecified atom stereocenters. The molecule has 2 heterocycles. The molecular formula is C22H27FIN5O5. The van der Waals surface area contributed by atoms with Gasteiger partial charge in [0.25, 0.3) is 11.5 Å². The number of anilines is 2. The number of likely N-dealkylation sites (tertiary alicyclic amines) is 1. The van der Waals surface area contributed by atoms with E-state index in [1.807, 2.05) is 22.6 Å². The first-order chi connectivity index (χ1) is 15.6. The Labute approximate surface area is 209 Å². The van der Waals surface area contributed by atoms with Gasteiger partial charge in [0.15, 0.2) is 5.69 Å². The van der Waals surface area contributed by atoms with Crippen LogP contribution >= 0.6 is 22.6 Å². The fourth-order valence-electron chi connectivity index (χ4n) is 3.97. The van der Waals surface area contributed by atoms with Gasteiger partial charge in [0.1, 0.15) is 11.4 Å². The highest BCUT2D eigenvalue weighted by molar-refractivity contribution is 14.1. The van der Waals surface area contributed by atoms with Crippen LogP contribution in [0.3, 0.4) is 0 Å². The molecular weight excluding hydrogens is 560 g/mol. The van der Waals surface area contributed by atoms with Crippen molar-refractivity contribution in [2.45, 2.75) is 44.9 Å². The Bertz CT molecular complexity index is 1190. The number of halogens is 2. The molecule has 2 amide bonds. The molecule has 1 aromatic heterocycles. The molecule has 2 aromatic rings. The first-order valence-corrected chi connectivity index (χ1v) is 11.6. The van der Waals surface area contributed by atoms with E-state index in [1.54, 1.807) is 33.8 Å². The maximum Gasteiger partial charge on any atom is 0.408 e. The average Bonchev–Trinajstić information content (AvgIpc) is 2.68. The van der Waals surface area contributed by atoms with E-state index < -0.39 is 40.6 Å². The number of aliphatic hydroxyl groups is 1. The van der Waals surface area contributed by atoms with E-state index in [4.69, 9.17) is 0 Å². The highest BCUT2D eigenvalue weighted by Crippen LogP contribution is 2.33. The van der Waals surface area contributed by atoms with Crippen LogP contribution in [0.25, 0.3) is 0 Å². The van der Waals surface area contributed by atoms with Crippen LogP contribution < -0.4 is 10.9 Å². The Balaban J connectivity index is 1.86. The standard InChI is InChI=1S/C22H27FIN5O5/c1-12(29(20(32)33)21(2,3)4)22(34)10-28(11-22)19(31)18-16(9-17(30)27(5)26-18)25-15-7-6-13(24)8-14(15)23/h6-9,12,25,34H,10-11H2,1-5H3,(H,32,33)/t12-/m0/s1. The molecule has 0 bridgehead atoms. The molecule has 1 saturated heterocycles. The van der Waals surface area contributed by atoms with E-state index in [0.29, 0.717) is 3.57 Å². The molecule has 3 rings (SSSR count). The lowest BCUT2D eigenvalue weighted by Gasteiger charge is -2.53. The zero-order valence-electron chi connectivity index (χ0n) is 19.5. The molecule has 0 saturated carbocycles. The first kappa shape index (κ1) is 25.9. The minimum absolute atomic E-state index is 0.0264. The summed E-state index contributed by atoms with van der Waals surface area (Å²) in [6.45, 7) is 6.50. The summed E-state index contributed by atoms with van der Waals surface area (Å²) in [5, 5.41) is 27.5. The molecule has 0 radical (unpaired) electrons. The van der Waals surface area contributed by atoms with Gasteiger partial charge in [-0.3, -0.25) is 14.5 Å². The number of nitrogens with zero attached hydrogens (tertiary/aromatic N) is 4. The number of hydrogen-bond acceptors (Lipinski definition) is 6. The second-order valence-electron chi connectivity index (χ2n) is 9.38. The summed E-state index contributed by atoms with van der Waals surface area (Å²) >= 11 is 1.96. The molecule has 1 aliphatic rings. The number of carbonyl (C=O) groups excluding carboxylic acids is 1. The monoisotopic (exact) mass is 587 g/mol. The summed E-state index contributed by atoms with van der Waals surface area (Å²) in [4.78, 5) is 39.7. The van der Waals surface area contributed by atoms with Gasteiger partial charge in [0.05, 0.1) is 30.5 Å². The molecule has 1 atom stereocenters. The number of aryl methyl sites for hydroxylation is 1. The van der Waals surface area contributed by atoms with Crippen molar-refractivity contribution in [2.75, 3.05) is 18.4 Å². The fraction of sp³-hybridized carbons (Fsp3) is 0.455. The summed E-state index contributed by atoms with van der Waals surface area (Å²) in [6, 6.07) is 4.82. The third-order valence-electron chi connectivity index (χ3n) is 5.81. The zero-order valence-corrected chi connectivity index (χ0v) is 21.6. The highest BCUT2D eigenvalue weighted by Gasteiger charge is 2.52. The largest absolute Gasteiger partial charge is 0.465 e. The van der Waals surface area contributed by atoms with E-state index in [1.165, 1.54) is 24.1 Å². The maximum atomic E-state index is 14.4. The number of nitrogens with one attached hydrogen (secondary N) is 1. The van der Waals surface area contributed by atoms with Crippen molar-refractivity contribution in [3.8, 4) is 0 Å². The van der Waals surface area contributed by atoms with E-state index in [2.05, 4.69) is 10.4 Å². The second-order valence-corrected chi connectivity index (χ2v) is 10.6. The van der Waals surface area contributed by atoms with E-state index in [-0.39, 0.29) is 30.2 Å². The Morgan fingerprint density at radius 1 is 1.26 bits per heavy atom.